The fourth-order valence-corrected chi connectivity index (χ4v) is 0.840. The number of methoxy groups -OCH3 is 1. The molecule has 0 amide bonds. The summed E-state index contributed by atoms with van der Waals surface area (Å²) in [6, 6.07) is 0. The lowest BCUT2D eigenvalue weighted by Crippen LogP contribution is -2.24. The van der Waals surface area contributed by atoms with Crippen LogP contribution in [-0.4, -0.2) is 19.8 Å². The SMILES string of the molecule is C=CNC[C@@H](CCC)OC. The topological polar surface area (TPSA) is 21.3 Å². The predicted octanol–water partition coefficient (Wildman–Crippen LogP) is 1.53. The second-order valence-electron chi connectivity index (χ2n) is 2.26. The van der Waals surface area contributed by atoms with Crippen molar-refractivity contribution >= 4 is 0 Å². The number of rotatable bonds is 6. The van der Waals surface area contributed by atoms with Crippen molar-refractivity contribution < 1.29 is 4.74 Å². The number of nitrogens with one attached hydrogen (secondary N) is 1. The molecule has 1 atom stereocenters. The Morgan fingerprint density at radius 1 is 1.70 bits per heavy atom. The van der Waals surface area contributed by atoms with Crippen LogP contribution >= 0.6 is 0 Å². The summed E-state index contributed by atoms with van der Waals surface area (Å²) in [6.07, 6.45) is 4.30. The van der Waals surface area contributed by atoms with Crippen LogP contribution in [0.4, 0.5) is 0 Å². The molecule has 0 spiro atoms. The third-order valence-corrected chi connectivity index (χ3v) is 1.43. The van der Waals surface area contributed by atoms with E-state index in [1.165, 1.54) is 0 Å². The van der Waals surface area contributed by atoms with Gasteiger partial charge in [0.1, 0.15) is 0 Å². The van der Waals surface area contributed by atoms with Crippen molar-refractivity contribution in [3.63, 3.8) is 0 Å². The van der Waals surface area contributed by atoms with Crippen LogP contribution in [0.1, 0.15) is 19.8 Å². The molecular formula is C8H17NO. The minimum Gasteiger partial charge on any atom is -0.389 e. The van der Waals surface area contributed by atoms with Crippen molar-refractivity contribution in [2.75, 3.05) is 13.7 Å². The van der Waals surface area contributed by atoms with Crippen LogP contribution in [-0.2, 0) is 4.74 Å². The number of hydrogen-bond acceptors (Lipinski definition) is 2. The van der Waals surface area contributed by atoms with Crippen molar-refractivity contribution in [2.45, 2.75) is 25.9 Å². The van der Waals surface area contributed by atoms with Gasteiger partial charge in [-0.25, -0.2) is 0 Å². The molecule has 0 aliphatic rings. The second kappa shape index (κ2) is 6.62. The Hall–Kier alpha value is -0.500. The molecule has 60 valence electrons. The van der Waals surface area contributed by atoms with Crippen molar-refractivity contribution in [1.29, 1.82) is 0 Å². The highest BCUT2D eigenvalue weighted by Crippen LogP contribution is 1.98. The number of hydrogen-bond donors (Lipinski definition) is 1. The van der Waals surface area contributed by atoms with E-state index in [1.807, 2.05) is 0 Å². The van der Waals surface area contributed by atoms with Gasteiger partial charge in [-0.1, -0.05) is 19.9 Å². The first kappa shape index (κ1) is 9.50. The Morgan fingerprint density at radius 3 is 2.80 bits per heavy atom. The molecule has 2 nitrogen and oxygen atoms in total. The van der Waals surface area contributed by atoms with Crippen LogP contribution in [0.5, 0.6) is 0 Å². The zero-order valence-corrected chi connectivity index (χ0v) is 6.89. The lowest BCUT2D eigenvalue weighted by atomic mass is 10.2. The normalized spacial score (nSPS) is 12.6. The number of ether oxygens (including phenoxy) is 1. The lowest BCUT2D eigenvalue weighted by Gasteiger charge is -2.13. The first-order valence-electron chi connectivity index (χ1n) is 3.72. The van der Waals surface area contributed by atoms with Gasteiger partial charge in [0, 0.05) is 13.7 Å². The predicted molar refractivity (Wildman–Crippen MR) is 43.9 cm³/mol. The summed E-state index contributed by atoms with van der Waals surface area (Å²) in [7, 11) is 1.74. The highest BCUT2D eigenvalue weighted by molar-refractivity contribution is 4.67. The van der Waals surface area contributed by atoms with Crippen molar-refractivity contribution in [3.05, 3.63) is 12.8 Å². The molecule has 0 radical (unpaired) electrons. The zero-order chi connectivity index (χ0) is 7.82. The van der Waals surface area contributed by atoms with Gasteiger partial charge in [0.05, 0.1) is 6.10 Å². The van der Waals surface area contributed by atoms with E-state index >= 15 is 0 Å². The van der Waals surface area contributed by atoms with Gasteiger partial charge in [-0.15, -0.1) is 0 Å². The van der Waals surface area contributed by atoms with E-state index in [1.54, 1.807) is 13.3 Å². The summed E-state index contributed by atoms with van der Waals surface area (Å²) in [5.74, 6) is 0. The molecule has 0 aliphatic carbocycles. The summed E-state index contributed by atoms with van der Waals surface area (Å²) in [5, 5.41) is 3.02. The molecule has 0 unspecified atom stereocenters. The third kappa shape index (κ3) is 4.39. The maximum Gasteiger partial charge on any atom is 0.0743 e. The lowest BCUT2D eigenvalue weighted by molar-refractivity contribution is 0.0967. The quantitative estimate of drug-likeness (QED) is 0.609. The summed E-state index contributed by atoms with van der Waals surface area (Å²) in [5.41, 5.74) is 0. The molecule has 0 saturated heterocycles. The van der Waals surface area contributed by atoms with E-state index in [4.69, 9.17) is 4.74 Å². The Morgan fingerprint density at radius 2 is 2.40 bits per heavy atom. The molecule has 0 aromatic carbocycles. The van der Waals surface area contributed by atoms with Crippen molar-refractivity contribution in [3.8, 4) is 0 Å². The molecule has 0 bridgehead atoms. The van der Waals surface area contributed by atoms with Gasteiger partial charge in [0.25, 0.3) is 0 Å². The molecule has 0 aromatic rings. The van der Waals surface area contributed by atoms with E-state index in [9.17, 15) is 0 Å². The maximum atomic E-state index is 5.18. The van der Waals surface area contributed by atoms with E-state index in [2.05, 4.69) is 18.8 Å². The summed E-state index contributed by atoms with van der Waals surface area (Å²) >= 11 is 0. The van der Waals surface area contributed by atoms with Gasteiger partial charge >= 0.3 is 0 Å². The average Bonchev–Trinajstić information content (AvgIpc) is 1.98. The fraction of sp³-hybridized carbons (Fsp3) is 0.750. The molecule has 0 rings (SSSR count). The van der Waals surface area contributed by atoms with Gasteiger partial charge < -0.3 is 10.1 Å². The van der Waals surface area contributed by atoms with E-state index in [0.29, 0.717) is 6.10 Å². The minimum absolute atomic E-state index is 0.336. The standard InChI is InChI=1S/C8H17NO/c1-4-6-8(10-3)7-9-5-2/h5,8-9H,2,4,6-7H2,1,3H3/t8-/m1/s1. The van der Waals surface area contributed by atoms with Gasteiger partial charge in [-0.3, -0.25) is 0 Å². The molecule has 0 aromatic heterocycles. The van der Waals surface area contributed by atoms with E-state index < -0.39 is 0 Å². The van der Waals surface area contributed by atoms with Crippen LogP contribution < -0.4 is 5.32 Å². The average molecular weight is 143 g/mol. The molecule has 0 saturated carbocycles. The molecular weight excluding hydrogens is 126 g/mol. The van der Waals surface area contributed by atoms with Crippen LogP contribution in [0.25, 0.3) is 0 Å². The zero-order valence-electron chi connectivity index (χ0n) is 6.89. The third-order valence-electron chi connectivity index (χ3n) is 1.43. The van der Waals surface area contributed by atoms with Gasteiger partial charge in [-0.05, 0) is 12.6 Å². The van der Waals surface area contributed by atoms with E-state index in [-0.39, 0.29) is 0 Å². The first-order chi connectivity index (χ1) is 4.85. The van der Waals surface area contributed by atoms with Gasteiger partial charge in [0.15, 0.2) is 0 Å². The Bertz CT molecular complexity index is 83.3. The molecule has 10 heavy (non-hydrogen) atoms. The molecule has 0 fully saturated rings. The van der Waals surface area contributed by atoms with Crippen LogP contribution in [0.2, 0.25) is 0 Å². The van der Waals surface area contributed by atoms with Crippen LogP contribution in [0.3, 0.4) is 0 Å². The van der Waals surface area contributed by atoms with Gasteiger partial charge in [-0.2, -0.15) is 0 Å². The summed E-state index contributed by atoms with van der Waals surface area (Å²) < 4.78 is 5.18. The Labute approximate surface area is 63.3 Å². The minimum atomic E-state index is 0.336. The molecule has 0 heterocycles. The summed E-state index contributed by atoms with van der Waals surface area (Å²) in [4.78, 5) is 0. The van der Waals surface area contributed by atoms with Crippen LogP contribution in [0, 0.1) is 0 Å². The second-order valence-corrected chi connectivity index (χ2v) is 2.26. The van der Waals surface area contributed by atoms with Crippen LogP contribution in [0.15, 0.2) is 12.8 Å². The van der Waals surface area contributed by atoms with Gasteiger partial charge in [0.2, 0.25) is 0 Å². The largest absolute Gasteiger partial charge is 0.389 e. The fourth-order valence-electron chi connectivity index (χ4n) is 0.840. The van der Waals surface area contributed by atoms with Crippen molar-refractivity contribution in [1.82, 2.24) is 5.32 Å². The molecule has 0 aliphatic heterocycles. The molecule has 2 heteroatoms. The summed E-state index contributed by atoms with van der Waals surface area (Å²) in [6.45, 7) is 6.58. The monoisotopic (exact) mass is 143 g/mol. The Kier molecular flexibility index (Phi) is 6.29. The highest BCUT2D eigenvalue weighted by Gasteiger charge is 2.02. The highest BCUT2D eigenvalue weighted by atomic mass is 16.5. The molecule has 1 N–H and O–H groups in total. The first-order valence-corrected chi connectivity index (χ1v) is 3.72. The van der Waals surface area contributed by atoms with E-state index in [0.717, 1.165) is 19.4 Å². The van der Waals surface area contributed by atoms with Crippen molar-refractivity contribution in [2.24, 2.45) is 0 Å². The maximum absolute atomic E-state index is 5.18. The smallest absolute Gasteiger partial charge is 0.0743 e. The Balaban J connectivity index is 3.29.